The minimum atomic E-state index is -3.97. The molecule has 0 heterocycles. The highest BCUT2D eigenvalue weighted by atomic mass is 32.2. The van der Waals surface area contributed by atoms with Gasteiger partial charge in [-0.15, -0.1) is 0 Å². The lowest BCUT2D eigenvalue weighted by molar-refractivity contribution is -0.140. The number of sulfonamides is 1. The summed E-state index contributed by atoms with van der Waals surface area (Å²) in [7, 11) is -2.44. The summed E-state index contributed by atoms with van der Waals surface area (Å²) in [4.78, 5) is 29.0. The Labute approximate surface area is 235 Å². The fraction of sp³-hybridized carbons (Fsp3) is 0.333. The molecule has 0 fully saturated rings. The van der Waals surface area contributed by atoms with Gasteiger partial charge in [-0.25, -0.2) is 12.8 Å². The van der Waals surface area contributed by atoms with Gasteiger partial charge < -0.3 is 15.0 Å². The Bertz CT molecular complexity index is 1380. The molecule has 10 heteroatoms. The van der Waals surface area contributed by atoms with Crippen LogP contribution < -0.4 is 14.4 Å². The van der Waals surface area contributed by atoms with Gasteiger partial charge in [0.05, 0.1) is 19.1 Å². The number of carbonyl (C=O) groups is 2. The van der Waals surface area contributed by atoms with Crippen LogP contribution in [0.25, 0.3) is 0 Å². The number of rotatable bonds is 14. The van der Waals surface area contributed by atoms with Gasteiger partial charge >= 0.3 is 0 Å². The molecule has 8 nitrogen and oxygen atoms in total. The molecule has 0 saturated heterocycles. The highest BCUT2D eigenvalue weighted by Crippen LogP contribution is 2.22. The summed E-state index contributed by atoms with van der Waals surface area (Å²) in [6.45, 7) is 1.87. The Morgan fingerprint density at radius 2 is 1.68 bits per heavy atom. The minimum Gasteiger partial charge on any atom is -0.497 e. The van der Waals surface area contributed by atoms with E-state index in [-0.39, 0.29) is 24.6 Å². The number of hydrogen-bond acceptors (Lipinski definition) is 5. The van der Waals surface area contributed by atoms with Gasteiger partial charge in [0.1, 0.15) is 24.2 Å². The van der Waals surface area contributed by atoms with Crippen LogP contribution in [0, 0.1) is 5.82 Å². The fourth-order valence-corrected chi connectivity index (χ4v) is 5.11. The van der Waals surface area contributed by atoms with E-state index in [1.54, 1.807) is 24.3 Å². The molecule has 0 bridgehead atoms. The van der Waals surface area contributed by atoms with E-state index in [1.807, 2.05) is 37.3 Å². The molecule has 1 N–H and O–H groups in total. The smallest absolute Gasteiger partial charge is 0.244 e. The number of unbranched alkanes of at least 4 members (excludes halogenated alkanes) is 1. The summed E-state index contributed by atoms with van der Waals surface area (Å²) < 4.78 is 45.7. The number of nitrogens with one attached hydrogen (secondary N) is 1. The second-order valence-electron chi connectivity index (χ2n) is 9.47. The van der Waals surface area contributed by atoms with E-state index in [9.17, 15) is 22.4 Å². The monoisotopic (exact) mass is 569 g/mol. The Morgan fingerprint density at radius 1 is 0.975 bits per heavy atom. The zero-order valence-electron chi connectivity index (χ0n) is 23.0. The number of halogens is 1. The summed E-state index contributed by atoms with van der Waals surface area (Å²) in [5, 5.41) is 2.93. The average Bonchev–Trinajstić information content (AvgIpc) is 2.93. The number of methoxy groups -OCH3 is 1. The summed E-state index contributed by atoms with van der Waals surface area (Å²) >= 11 is 0. The second-order valence-corrected chi connectivity index (χ2v) is 11.4. The van der Waals surface area contributed by atoms with Crippen LogP contribution in [0.2, 0.25) is 0 Å². The Morgan fingerprint density at radius 3 is 2.33 bits per heavy atom. The van der Waals surface area contributed by atoms with E-state index in [0.29, 0.717) is 17.9 Å². The highest BCUT2D eigenvalue weighted by molar-refractivity contribution is 7.92. The van der Waals surface area contributed by atoms with Gasteiger partial charge in [0.15, 0.2) is 0 Å². The molecule has 0 aliphatic rings. The van der Waals surface area contributed by atoms with Crippen molar-refractivity contribution in [1.82, 2.24) is 10.2 Å². The van der Waals surface area contributed by atoms with Crippen molar-refractivity contribution >= 4 is 27.5 Å². The van der Waals surface area contributed by atoms with E-state index in [1.165, 1.54) is 30.2 Å². The maximum absolute atomic E-state index is 14.0. The first kappa shape index (κ1) is 30.6. The van der Waals surface area contributed by atoms with Crippen LogP contribution >= 0.6 is 0 Å². The SMILES string of the molecule is CCCCNC(=O)[C@H](Cc1ccccc1)N(Cc1cccc(OC)c1)C(=O)CN(c1cccc(F)c1)S(C)(=O)=O. The van der Waals surface area contributed by atoms with Crippen LogP contribution in [-0.4, -0.2) is 57.6 Å². The third-order valence-electron chi connectivity index (χ3n) is 6.36. The molecule has 0 unspecified atom stereocenters. The van der Waals surface area contributed by atoms with Crippen molar-refractivity contribution in [2.24, 2.45) is 0 Å². The molecule has 40 heavy (non-hydrogen) atoms. The van der Waals surface area contributed by atoms with Crippen LogP contribution in [0.5, 0.6) is 5.75 Å². The van der Waals surface area contributed by atoms with Crippen molar-refractivity contribution in [3.05, 3.63) is 95.8 Å². The van der Waals surface area contributed by atoms with Crippen LogP contribution in [0.4, 0.5) is 10.1 Å². The normalized spacial score (nSPS) is 11.9. The quantitative estimate of drug-likeness (QED) is 0.294. The summed E-state index contributed by atoms with van der Waals surface area (Å²) in [5.74, 6) is -1.01. The van der Waals surface area contributed by atoms with E-state index in [2.05, 4.69) is 5.32 Å². The molecular formula is C30H36FN3O5S. The van der Waals surface area contributed by atoms with Gasteiger partial charge in [0.25, 0.3) is 0 Å². The van der Waals surface area contributed by atoms with Crippen LogP contribution in [0.3, 0.4) is 0 Å². The van der Waals surface area contributed by atoms with Gasteiger partial charge in [-0.2, -0.15) is 0 Å². The fourth-order valence-electron chi connectivity index (χ4n) is 4.27. The number of ether oxygens (including phenoxy) is 1. The van der Waals surface area contributed by atoms with Crippen molar-refractivity contribution in [3.8, 4) is 5.75 Å². The number of benzene rings is 3. The maximum atomic E-state index is 14.0. The number of anilines is 1. The van der Waals surface area contributed by atoms with E-state index >= 15 is 0 Å². The van der Waals surface area contributed by atoms with E-state index in [0.717, 1.165) is 35.0 Å². The molecular weight excluding hydrogens is 533 g/mol. The predicted molar refractivity (Wildman–Crippen MR) is 154 cm³/mol. The van der Waals surface area contributed by atoms with Crippen LogP contribution in [-0.2, 0) is 32.6 Å². The number of hydrogen-bond donors (Lipinski definition) is 1. The van der Waals surface area contributed by atoms with Gasteiger partial charge in [0, 0.05) is 19.5 Å². The number of amides is 2. The average molecular weight is 570 g/mol. The second kappa shape index (κ2) is 14.5. The number of carbonyl (C=O) groups excluding carboxylic acids is 2. The van der Waals surface area contributed by atoms with Crippen LogP contribution in [0.15, 0.2) is 78.9 Å². The predicted octanol–water partition coefficient (Wildman–Crippen LogP) is 4.16. The minimum absolute atomic E-state index is 0.0178. The Kier molecular flexibility index (Phi) is 11.1. The van der Waals surface area contributed by atoms with Crippen LogP contribution in [0.1, 0.15) is 30.9 Å². The van der Waals surface area contributed by atoms with Crippen molar-refractivity contribution in [1.29, 1.82) is 0 Å². The molecule has 214 valence electrons. The summed E-state index contributed by atoms with van der Waals surface area (Å²) in [5.41, 5.74) is 1.56. The zero-order valence-corrected chi connectivity index (χ0v) is 23.9. The van der Waals surface area contributed by atoms with Gasteiger partial charge in [-0.05, 0) is 47.9 Å². The largest absolute Gasteiger partial charge is 0.497 e. The first-order valence-electron chi connectivity index (χ1n) is 13.1. The van der Waals surface area contributed by atoms with Crippen molar-refractivity contribution in [2.45, 2.75) is 38.8 Å². The highest BCUT2D eigenvalue weighted by Gasteiger charge is 2.33. The first-order chi connectivity index (χ1) is 19.1. The molecule has 2 amide bonds. The maximum Gasteiger partial charge on any atom is 0.244 e. The summed E-state index contributed by atoms with van der Waals surface area (Å²) in [6, 6.07) is 20.5. The Hall–Kier alpha value is -3.92. The molecule has 0 saturated carbocycles. The van der Waals surface area contributed by atoms with Crippen molar-refractivity contribution in [3.63, 3.8) is 0 Å². The lowest BCUT2D eigenvalue weighted by atomic mass is 10.0. The van der Waals surface area contributed by atoms with Gasteiger partial charge in [0.2, 0.25) is 21.8 Å². The molecule has 3 aromatic rings. The van der Waals surface area contributed by atoms with Gasteiger partial charge in [-0.3, -0.25) is 13.9 Å². The van der Waals surface area contributed by atoms with Crippen molar-refractivity contribution < 1.29 is 27.1 Å². The van der Waals surface area contributed by atoms with Gasteiger partial charge in [-0.1, -0.05) is 61.9 Å². The molecule has 3 aromatic carbocycles. The standard InChI is InChI=1S/C30H36FN3O5S/c1-4-5-17-32-30(36)28(19-23-11-7-6-8-12-23)33(21-24-13-9-16-27(18-24)39-2)29(35)22-34(40(3,37)38)26-15-10-14-25(31)20-26/h6-16,18,20,28H,4-5,17,19,21-22H2,1-3H3,(H,32,36)/t28-/m0/s1. The molecule has 0 aliphatic carbocycles. The third-order valence-corrected chi connectivity index (χ3v) is 7.50. The molecule has 1 atom stereocenters. The van der Waals surface area contributed by atoms with Crippen molar-refractivity contribution in [2.75, 3.05) is 30.8 Å². The topological polar surface area (TPSA) is 96.0 Å². The lowest BCUT2D eigenvalue weighted by Crippen LogP contribution is -2.53. The third kappa shape index (κ3) is 8.81. The zero-order chi connectivity index (χ0) is 29.1. The summed E-state index contributed by atoms with van der Waals surface area (Å²) in [6.07, 6.45) is 2.83. The van der Waals surface area contributed by atoms with E-state index < -0.39 is 34.3 Å². The first-order valence-corrected chi connectivity index (χ1v) is 14.9. The molecule has 0 spiro atoms. The lowest BCUT2D eigenvalue weighted by Gasteiger charge is -2.33. The number of nitrogens with zero attached hydrogens (tertiary/aromatic N) is 2. The molecule has 0 aliphatic heterocycles. The van der Waals surface area contributed by atoms with E-state index in [4.69, 9.17) is 4.74 Å². The molecule has 3 rings (SSSR count). The molecule has 0 radical (unpaired) electrons. The molecule has 0 aromatic heterocycles. The Balaban J connectivity index is 2.04.